The summed E-state index contributed by atoms with van der Waals surface area (Å²) in [6, 6.07) is 12.1. The molecule has 0 heterocycles. The second-order valence-electron chi connectivity index (χ2n) is 5.39. The highest BCUT2D eigenvalue weighted by Gasteiger charge is 2.14. The third-order valence-electron chi connectivity index (χ3n) is 3.43. The van der Waals surface area contributed by atoms with E-state index in [4.69, 9.17) is 21.1 Å². The predicted molar refractivity (Wildman–Crippen MR) is 102 cm³/mol. The molecule has 0 aliphatic heterocycles. The molecule has 2 N–H and O–H groups in total. The van der Waals surface area contributed by atoms with Crippen molar-refractivity contribution in [3.05, 3.63) is 47.5 Å². The fourth-order valence-electron chi connectivity index (χ4n) is 2.24. The van der Waals surface area contributed by atoms with Gasteiger partial charge in [-0.3, -0.25) is 4.79 Å². The number of rotatable bonds is 8. The molecule has 5 nitrogen and oxygen atoms in total. The Morgan fingerprint density at radius 1 is 1.00 bits per heavy atom. The van der Waals surface area contributed by atoms with Gasteiger partial charge in [-0.15, -0.1) is 0 Å². The first kappa shape index (κ1) is 18.9. The van der Waals surface area contributed by atoms with E-state index in [1.54, 1.807) is 31.2 Å². The predicted octanol–water partition coefficient (Wildman–Crippen LogP) is 4.58. The van der Waals surface area contributed by atoms with Gasteiger partial charge in [-0.2, -0.15) is 0 Å². The molecule has 0 spiro atoms. The van der Waals surface area contributed by atoms with Gasteiger partial charge in [0.05, 0.1) is 13.2 Å². The SMILES string of the molecule is CCOc1ccc(N[C@@H](C)C(=O)Nc2ccc(Cl)cc2)cc1OCC. The minimum atomic E-state index is -0.428. The lowest BCUT2D eigenvalue weighted by atomic mass is 10.2. The van der Waals surface area contributed by atoms with Gasteiger partial charge in [-0.25, -0.2) is 0 Å². The second-order valence-corrected chi connectivity index (χ2v) is 5.83. The van der Waals surface area contributed by atoms with Crippen LogP contribution in [0.3, 0.4) is 0 Å². The van der Waals surface area contributed by atoms with E-state index in [-0.39, 0.29) is 5.91 Å². The highest BCUT2D eigenvalue weighted by molar-refractivity contribution is 6.30. The molecule has 2 aromatic carbocycles. The van der Waals surface area contributed by atoms with Crippen LogP contribution in [0.5, 0.6) is 11.5 Å². The van der Waals surface area contributed by atoms with Crippen molar-refractivity contribution in [2.24, 2.45) is 0 Å². The van der Waals surface area contributed by atoms with Crippen LogP contribution in [-0.2, 0) is 4.79 Å². The largest absolute Gasteiger partial charge is 0.490 e. The summed E-state index contributed by atoms with van der Waals surface area (Å²) in [5.74, 6) is 1.20. The molecule has 0 aliphatic rings. The zero-order valence-electron chi connectivity index (χ0n) is 14.6. The fourth-order valence-corrected chi connectivity index (χ4v) is 2.37. The van der Waals surface area contributed by atoms with Crippen LogP contribution < -0.4 is 20.1 Å². The molecule has 0 bridgehead atoms. The fraction of sp³-hybridized carbons (Fsp3) is 0.316. The maximum Gasteiger partial charge on any atom is 0.246 e. The normalized spacial score (nSPS) is 11.5. The minimum absolute atomic E-state index is 0.144. The quantitative estimate of drug-likeness (QED) is 0.721. The van der Waals surface area contributed by atoms with Crippen molar-refractivity contribution in [3.8, 4) is 11.5 Å². The lowest BCUT2D eigenvalue weighted by Crippen LogP contribution is -2.31. The van der Waals surface area contributed by atoms with Crippen molar-refractivity contribution in [3.63, 3.8) is 0 Å². The molecule has 25 heavy (non-hydrogen) atoms. The van der Waals surface area contributed by atoms with Gasteiger partial charge in [0.15, 0.2) is 11.5 Å². The number of amides is 1. The standard InChI is InChI=1S/C19H23ClN2O3/c1-4-24-17-11-10-16(12-18(17)25-5-2)21-13(3)19(23)22-15-8-6-14(20)7-9-15/h6-13,21H,4-5H2,1-3H3,(H,22,23)/t13-/m0/s1. The average Bonchev–Trinajstić information content (AvgIpc) is 2.59. The number of nitrogens with one attached hydrogen (secondary N) is 2. The number of hydrogen-bond acceptors (Lipinski definition) is 4. The van der Waals surface area contributed by atoms with Gasteiger partial charge in [0, 0.05) is 22.5 Å². The molecule has 0 radical (unpaired) electrons. The Kier molecular flexibility index (Phi) is 6.95. The monoisotopic (exact) mass is 362 g/mol. The molecular weight excluding hydrogens is 340 g/mol. The van der Waals surface area contributed by atoms with Gasteiger partial charge in [-0.1, -0.05) is 11.6 Å². The van der Waals surface area contributed by atoms with E-state index in [2.05, 4.69) is 10.6 Å². The molecule has 0 unspecified atom stereocenters. The molecule has 2 rings (SSSR count). The first-order chi connectivity index (χ1) is 12.0. The third-order valence-corrected chi connectivity index (χ3v) is 3.68. The Balaban J connectivity index is 2.03. The molecule has 134 valence electrons. The summed E-state index contributed by atoms with van der Waals surface area (Å²) < 4.78 is 11.1. The number of anilines is 2. The maximum atomic E-state index is 12.3. The van der Waals surface area contributed by atoms with Crippen LogP contribution in [0.1, 0.15) is 20.8 Å². The van der Waals surface area contributed by atoms with Crippen molar-refractivity contribution >= 4 is 28.9 Å². The van der Waals surface area contributed by atoms with E-state index < -0.39 is 6.04 Å². The van der Waals surface area contributed by atoms with Gasteiger partial charge in [0.1, 0.15) is 6.04 Å². The summed E-state index contributed by atoms with van der Waals surface area (Å²) in [4.78, 5) is 12.3. The summed E-state index contributed by atoms with van der Waals surface area (Å²) in [6.45, 7) is 6.73. The smallest absolute Gasteiger partial charge is 0.246 e. The van der Waals surface area contributed by atoms with E-state index in [9.17, 15) is 4.79 Å². The van der Waals surface area contributed by atoms with E-state index >= 15 is 0 Å². The number of carbonyl (C=O) groups excluding carboxylic acids is 1. The molecule has 0 saturated heterocycles. The second kappa shape index (κ2) is 9.18. The number of ether oxygens (including phenoxy) is 2. The maximum absolute atomic E-state index is 12.3. The first-order valence-corrected chi connectivity index (χ1v) is 8.63. The number of halogens is 1. The van der Waals surface area contributed by atoms with Crippen molar-refractivity contribution < 1.29 is 14.3 Å². The van der Waals surface area contributed by atoms with Crippen LogP contribution in [0.2, 0.25) is 5.02 Å². The van der Waals surface area contributed by atoms with E-state index in [0.29, 0.717) is 35.4 Å². The van der Waals surface area contributed by atoms with Crippen molar-refractivity contribution in [2.45, 2.75) is 26.8 Å². The van der Waals surface area contributed by atoms with Crippen LogP contribution in [0.25, 0.3) is 0 Å². The zero-order valence-corrected chi connectivity index (χ0v) is 15.4. The number of carbonyl (C=O) groups is 1. The number of hydrogen-bond donors (Lipinski definition) is 2. The summed E-state index contributed by atoms with van der Waals surface area (Å²) in [5, 5.41) is 6.64. The Morgan fingerprint density at radius 3 is 2.24 bits per heavy atom. The topological polar surface area (TPSA) is 59.6 Å². The van der Waals surface area contributed by atoms with Gasteiger partial charge >= 0.3 is 0 Å². The highest BCUT2D eigenvalue weighted by Crippen LogP contribution is 2.31. The van der Waals surface area contributed by atoms with Crippen molar-refractivity contribution in [1.82, 2.24) is 0 Å². The molecule has 2 aromatic rings. The summed E-state index contributed by atoms with van der Waals surface area (Å²) in [5.41, 5.74) is 1.48. The van der Waals surface area contributed by atoms with Crippen LogP contribution >= 0.6 is 11.6 Å². The van der Waals surface area contributed by atoms with Gasteiger partial charge in [0.2, 0.25) is 5.91 Å². The van der Waals surface area contributed by atoms with E-state index in [1.165, 1.54) is 0 Å². The Morgan fingerprint density at radius 2 is 1.60 bits per heavy atom. The molecule has 1 amide bonds. The molecule has 0 saturated carbocycles. The van der Waals surface area contributed by atoms with Crippen LogP contribution in [0.15, 0.2) is 42.5 Å². The lowest BCUT2D eigenvalue weighted by Gasteiger charge is -2.17. The van der Waals surface area contributed by atoms with E-state index in [0.717, 1.165) is 5.69 Å². The summed E-state index contributed by atoms with van der Waals surface area (Å²) in [6.07, 6.45) is 0. The molecule has 0 aromatic heterocycles. The average molecular weight is 363 g/mol. The molecule has 0 fully saturated rings. The van der Waals surface area contributed by atoms with E-state index in [1.807, 2.05) is 32.0 Å². The number of benzene rings is 2. The van der Waals surface area contributed by atoms with Crippen LogP contribution in [0.4, 0.5) is 11.4 Å². The molecule has 1 atom stereocenters. The Bertz CT molecular complexity index is 704. The van der Waals surface area contributed by atoms with Gasteiger partial charge < -0.3 is 20.1 Å². The first-order valence-electron chi connectivity index (χ1n) is 8.26. The van der Waals surface area contributed by atoms with Crippen LogP contribution in [-0.4, -0.2) is 25.2 Å². The zero-order chi connectivity index (χ0) is 18.2. The van der Waals surface area contributed by atoms with Gasteiger partial charge in [0.25, 0.3) is 0 Å². The Labute approximate surface area is 153 Å². The highest BCUT2D eigenvalue weighted by atomic mass is 35.5. The lowest BCUT2D eigenvalue weighted by molar-refractivity contribution is -0.116. The third kappa shape index (κ3) is 5.57. The van der Waals surface area contributed by atoms with Crippen LogP contribution in [0, 0.1) is 0 Å². The van der Waals surface area contributed by atoms with Crippen molar-refractivity contribution in [2.75, 3.05) is 23.8 Å². The summed E-state index contributed by atoms with van der Waals surface area (Å²) in [7, 11) is 0. The van der Waals surface area contributed by atoms with Crippen molar-refractivity contribution in [1.29, 1.82) is 0 Å². The van der Waals surface area contributed by atoms with Gasteiger partial charge in [-0.05, 0) is 57.2 Å². The Hall–Kier alpha value is -2.40. The summed E-state index contributed by atoms with van der Waals surface area (Å²) >= 11 is 5.85. The minimum Gasteiger partial charge on any atom is -0.490 e. The molecule has 6 heteroatoms. The molecular formula is C19H23ClN2O3. The molecule has 0 aliphatic carbocycles.